The van der Waals surface area contributed by atoms with Crippen LogP contribution in [-0.4, -0.2) is 11.8 Å². The first-order valence-corrected chi connectivity index (χ1v) is 3.83. The predicted molar refractivity (Wildman–Crippen MR) is 39.6 cm³/mol. The first kappa shape index (κ1) is 13.3. The molecule has 6 heteroatoms. The van der Waals surface area contributed by atoms with Crippen molar-refractivity contribution in [3.05, 3.63) is 11.7 Å². The fourth-order valence-electron chi connectivity index (χ4n) is 0.592. The maximum absolute atomic E-state index is 12.7. The van der Waals surface area contributed by atoms with E-state index in [9.17, 15) is 26.3 Å². The Balaban J connectivity index is 5.21. The van der Waals surface area contributed by atoms with E-state index in [2.05, 4.69) is 0 Å². The van der Waals surface area contributed by atoms with Crippen LogP contribution in [0.3, 0.4) is 0 Å². The summed E-state index contributed by atoms with van der Waals surface area (Å²) in [4.78, 5) is 0. The van der Waals surface area contributed by atoms with Gasteiger partial charge in [-0.05, 0) is 0 Å². The molecule has 0 fully saturated rings. The standard InChI is InChI=1S/C8H10F6/c1-4(2)8(13,14)6(10)5(9)7(3,11)12/h4H,1-3H3/b6-5+. The van der Waals surface area contributed by atoms with Gasteiger partial charge in [0.1, 0.15) is 0 Å². The van der Waals surface area contributed by atoms with Gasteiger partial charge in [-0.3, -0.25) is 0 Å². The second kappa shape index (κ2) is 3.82. The molecule has 0 bridgehead atoms. The Kier molecular flexibility index (Phi) is 3.64. The number of alkyl halides is 4. The molecular weight excluding hydrogens is 210 g/mol. The SMILES string of the molecule is CC(C)C(F)(F)/C(F)=C(\F)C(C)(F)F. The Labute approximate surface area is 77.6 Å². The number of hydrogen-bond acceptors (Lipinski definition) is 0. The molecule has 0 atom stereocenters. The fourth-order valence-corrected chi connectivity index (χ4v) is 0.592. The van der Waals surface area contributed by atoms with Crippen LogP contribution in [0.15, 0.2) is 11.7 Å². The van der Waals surface area contributed by atoms with Crippen molar-refractivity contribution in [2.24, 2.45) is 5.92 Å². The average molecular weight is 220 g/mol. The van der Waals surface area contributed by atoms with Gasteiger partial charge < -0.3 is 0 Å². The zero-order valence-electron chi connectivity index (χ0n) is 7.85. The van der Waals surface area contributed by atoms with Gasteiger partial charge in [0.25, 0.3) is 5.92 Å². The van der Waals surface area contributed by atoms with Gasteiger partial charge >= 0.3 is 5.92 Å². The van der Waals surface area contributed by atoms with Crippen molar-refractivity contribution in [2.45, 2.75) is 32.6 Å². The molecule has 0 aromatic heterocycles. The third kappa shape index (κ3) is 2.65. The van der Waals surface area contributed by atoms with Crippen LogP contribution in [0.5, 0.6) is 0 Å². The third-order valence-electron chi connectivity index (χ3n) is 1.60. The Hall–Kier alpha value is -0.680. The number of allylic oxidation sites excluding steroid dienone is 2. The van der Waals surface area contributed by atoms with Crippen LogP contribution in [0.2, 0.25) is 0 Å². The van der Waals surface area contributed by atoms with Crippen molar-refractivity contribution in [1.29, 1.82) is 0 Å². The molecule has 14 heavy (non-hydrogen) atoms. The quantitative estimate of drug-likeness (QED) is 0.628. The van der Waals surface area contributed by atoms with Crippen molar-refractivity contribution in [2.75, 3.05) is 0 Å². The van der Waals surface area contributed by atoms with E-state index in [1.165, 1.54) is 0 Å². The minimum Gasteiger partial charge on any atom is -0.202 e. The minimum atomic E-state index is -4.22. The van der Waals surface area contributed by atoms with E-state index in [4.69, 9.17) is 0 Å². The van der Waals surface area contributed by atoms with Gasteiger partial charge in [0, 0.05) is 12.8 Å². The molecule has 0 aliphatic heterocycles. The normalized spacial score (nSPS) is 15.9. The van der Waals surface area contributed by atoms with Crippen LogP contribution in [-0.2, 0) is 0 Å². The van der Waals surface area contributed by atoms with Crippen LogP contribution >= 0.6 is 0 Å². The average Bonchev–Trinajstić information content (AvgIpc) is 1.99. The monoisotopic (exact) mass is 220 g/mol. The van der Waals surface area contributed by atoms with E-state index in [1.807, 2.05) is 0 Å². The lowest BCUT2D eigenvalue weighted by atomic mass is 10.0. The second-order valence-electron chi connectivity index (χ2n) is 3.29. The molecule has 84 valence electrons. The molecule has 0 aromatic rings. The Morgan fingerprint density at radius 2 is 1.29 bits per heavy atom. The highest BCUT2D eigenvalue weighted by Gasteiger charge is 2.46. The maximum Gasteiger partial charge on any atom is 0.303 e. The van der Waals surface area contributed by atoms with Crippen molar-refractivity contribution >= 4 is 0 Å². The van der Waals surface area contributed by atoms with Crippen molar-refractivity contribution in [3.8, 4) is 0 Å². The van der Waals surface area contributed by atoms with Crippen molar-refractivity contribution in [3.63, 3.8) is 0 Å². The summed E-state index contributed by atoms with van der Waals surface area (Å²) in [6.45, 7) is 1.82. The third-order valence-corrected chi connectivity index (χ3v) is 1.60. The second-order valence-corrected chi connectivity index (χ2v) is 3.29. The summed E-state index contributed by atoms with van der Waals surface area (Å²) in [7, 11) is 0. The summed E-state index contributed by atoms with van der Waals surface area (Å²) in [6, 6.07) is 0. The van der Waals surface area contributed by atoms with Gasteiger partial charge in [-0.2, -0.15) is 17.6 Å². The van der Waals surface area contributed by atoms with Gasteiger partial charge in [-0.15, -0.1) is 0 Å². The number of halogens is 6. The van der Waals surface area contributed by atoms with Crippen LogP contribution in [0.4, 0.5) is 26.3 Å². The molecular formula is C8H10F6. The molecule has 0 radical (unpaired) electrons. The molecule has 0 unspecified atom stereocenters. The smallest absolute Gasteiger partial charge is 0.202 e. The molecule has 0 nitrogen and oxygen atoms in total. The lowest BCUT2D eigenvalue weighted by molar-refractivity contribution is -0.0421. The summed E-state index contributed by atoms with van der Waals surface area (Å²) >= 11 is 0. The molecule has 0 aliphatic carbocycles. The largest absolute Gasteiger partial charge is 0.303 e. The van der Waals surface area contributed by atoms with Crippen LogP contribution in [0.1, 0.15) is 20.8 Å². The maximum atomic E-state index is 12.7. The zero-order chi connectivity index (χ0) is 11.7. The predicted octanol–water partition coefficient (Wildman–Crippen LogP) is 4.08. The van der Waals surface area contributed by atoms with E-state index in [0.717, 1.165) is 13.8 Å². The van der Waals surface area contributed by atoms with E-state index in [0.29, 0.717) is 0 Å². The molecule has 0 saturated carbocycles. The molecule has 0 aromatic carbocycles. The number of rotatable bonds is 3. The summed E-state index contributed by atoms with van der Waals surface area (Å²) in [5.41, 5.74) is 0. The first-order chi connectivity index (χ1) is 6.01. The van der Waals surface area contributed by atoms with Gasteiger partial charge in [-0.25, -0.2) is 8.78 Å². The van der Waals surface area contributed by atoms with E-state index >= 15 is 0 Å². The van der Waals surface area contributed by atoms with Crippen LogP contribution < -0.4 is 0 Å². The summed E-state index contributed by atoms with van der Waals surface area (Å²) in [6.07, 6.45) is 0. The van der Waals surface area contributed by atoms with Crippen molar-refractivity contribution < 1.29 is 26.3 Å². The Morgan fingerprint density at radius 1 is 0.929 bits per heavy atom. The number of hydrogen-bond donors (Lipinski definition) is 0. The lowest BCUT2D eigenvalue weighted by Crippen LogP contribution is -2.28. The van der Waals surface area contributed by atoms with E-state index in [-0.39, 0.29) is 6.92 Å². The van der Waals surface area contributed by atoms with Crippen LogP contribution in [0, 0.1) is 5.92 Å². The molecule has 0 heterocycles. The minimum absolute atomic E-state index is 0.0122. The van der Waals surface area contributed by atoms with Gasteiger partial charge in [0.2, 0.25) is 11.7 Å². The van der Waals surface area contributed by atoms with Gasteiger partial charge in [-0.1, -0.05) is 13.8 Å². The highest BCUT2D eigenvalue weighted by molar-refractivity contribution is 5.15. The van der Waals surface area contributed by atoms with E-state index in [1.54, 1.807) is 0 Å². The lowest BCUT2D eigenvalue weighted by Gasteiger charge is -2.20. The molecule has 0 rings (SSSR count). The topological polar surface area (TPSA) is 0 Å². The highest BCUT2D eigenvalue weighted by Crippen LogP contribution is 2.39. The van der Waals surface area contributed by atoms with Gasteiger partial charge in [0.15, 0.2) is 0 Å². The Morgan fingerprint density at radius 3 is 1.50 bits per heavy atom. The molecule has 0 amide bonds. The van der Waals surface area contributed by atoms with Gasteiger partial charge in [0.05, 0.1) is 0 Å². The van der Waals surface area contributed by atoms with E-state index < -0.39 is 29.4 Å². The molecule has 0 spiro atoms. The first-order valence-electron chi connectivity index (χ1n) is 3.83. The van der Waals surface area contributed by atoms with Crippen LogP contribution in [0.25, 0.3) is 0 Å². The molecule has 0 saturated heterocycles. The Bertz CT molecular complexity index is 235. The summed E-state index contributed by atoms with van der Waals surface area (Å²) < 4.78 is 74.8. The fraction of sp³-hybridized carbons (Fsp3) is 0.750. The highest BCUT2D eigenvalue weighted by atomic mass is 19.3. The van der Waals surface area contributed by atoms with Crippen molar-refractivity contribution in [1.82, 2.24) is 0 Å². The summed E-state index contributed by atoms with van der Waals surface area (Å²) in [5.74, 6) is -15.4. The molecule has 0 N–H and O–H groups in total. The molecule has 0 aliphatic rings. The summed E-state index contributed by atoms with van der Waals surface area (Å²) in [5, 5.41) is 0. The zero-order valence-corrected chi connectivity index (χ0v) is 7.85.